The number of hydrogen-bond donors (Lipinski definition) is 0. The Morgan fingerprint density at radius 1 is 0.966 bits per heavy atom. The van der Waals surface area contributed by atoms with Crippen LogP contribution < -0.4 is 9.64 Å². The second kappa shape index (κ2) is 7.97. The summed E-state index contributed by atoms with van der Waals surface area (Å²) in [6.45, 7) is 0. The Morgan fingerprint density at radius 2 is 1.62 bits per heavy atom. The van der Waals surface area contributed by atoms with Crippen molar-refractivity contribution < 1.29 is 14.5 Å². The first kappa shape index (κ1) is 19.0. The number of nitrogens with zero attached hydrogens (tertiary/aromatic N) is 2. The lowest BCUT2D eigenvalue weighted by Crippen LogP contribution is -2.57. The molecular weight excluding hydrogens is 388 g/mol. The summed E-state index contributed by atoms with van der Waals surface area (Å²) >= 11 is 1.51. The molecule has 0 spiro atoms. The number of hydrogen-bond acceptors (Lipinski definition) is 5. The third kappa shape index (κ3) is 3.69. The Kier molecular flexibility index (Phi) is 5.22. The summed E-state index contributed by atoms with van der Waals surface area (Å²) in [5, 5.41) is 10.7. The van der Waals surface area contributed by atoms with Crippen LogP contribution in [-0.4, -0.2) is 23.2 Å². The van der Waals surface area contributed by atoms with Crippen LogP contribution in [0.15, 0.2) is 83.8 Å². The van der Waals surface area contributed by atoms with Crippen LogP contribution in [0.1, 0.15) is 11.6 Å². The summed E-state index contributed by atoms with van der Waals surface area (Å²) in [4.78, 5) is 26.4. The molecule has 0 radical (unpaired) electrons. The molecule has 1 amide bonds. The molecule has 1 heterocycles. The fraction of sp³-hybridized carbons (Fsp3) is 0.136. The van der Waals surface area contributed by atoms with Gasteiger partial charge in [0.05, 0.1) is 18.1 Å². The number of rotatable bonds is 6. The van der Waals surface area contributed by atoms with Gasteiger partial charge >= 0.3 is 0 Å². The van der Waals surface area contributed by atoms with E-state index in [1.54, 1.807) is 24.1 Å². The van der Waals surface area contributed by atoms with Gasteiger partial charge in [0.1, 0.15) is 11.0 Å². The first-order valence-electron chi connectivity index (χ1n) is 9.01. The fourth-order valence-electron chi connectivity index (χ4n) is 3.37. The van der Waals surface area contributed by atoms with Gasteiger partial charge in [0, 0.05) is 22.7 Å². The normalized spacial score (nSPS) is 18.2. The summed E-state index contributed by atoms with van der Waals surface area (Å²) in [5.74, 6) is 0.719. The predicted octanol–water partition coefficient (Wildman–Crippen LogP) is 4.85. The number of carbonyl (C=O) groups is 1. The van der Waals surface area contributed by atoms with Crippen molar-refractivity contribution in [2.45, 2.75) is 16.2 Å². The minimum absolute atomic E-state index is 0.00683. The molecule has 1 aliphatic rings. The number of amides is 1. The summed E-state index contributed by atoms with van der Waals surface area (Å²) in [5.41, 5.74) is 1.66. The Hall–Kier alpha value is -3.32. The first-order chi connectivity index (χ1) is 14.1. The second-order valence-corrected chi connectivity index (χ2v) is 7.77. The number of ether oxygens (including phenoxy) is 1. The third-order valence-corrected chi connectivity index (χ3v) is 6.11. The number of thioether (sulfide) groups is 1. The predicted molar refractivity (Wildman–Crippen MR) is 112 cm³/mol. The van der Waals surface area contributed by atoms with Crippen LogP contribution in [0, 0.1) is 10.1 Å². The van der Waals surface area contributed by atoms with E-state index in [9.17, 15) is 14.9 Å². The molecule has 0 aliphatic carbocycles. The SMILES string of the molecule is COc1ccc(N2C(=O)[C@H](Sc3ccccc3)[C@H]2c2ccc([N+](=O)[O-])cc2)cc1. The Bertz CT molecular complexity index is 1020. The molecule has 29 heavy (non-hydrogen) atoms. The molecule has 7 heteroatoms. The third-order valence-electron chi connectivity index (χ3n) is 4.85. The maximum atomic E-state index is 13.0. The van der Waals surface area contributed by atoms with Gasteiger partial charge in [-0.25, -0.2) is 0 Å². The average molecular weight is 406 g/mol. The number of non-ortho nitro benzene ring substituents is 1. The van der Waals surface area contributed by atoms with Gasteiger partial charge in [-0.15, -0.1) is 11.8 Å². The number of carbonyl (C=O) groups excluding carboxylic acids is 1. The molecule has 0 saturated carbocycles. The topological polar surface area (TPSA) is 72.7 Å². The van der Waals surface area contributed by atoms with Gasteiger partial charge in [0.2, 0.25) is 5.91 Å². The van der Waals surface area contributed by atoms with Crippen molar-refractivity contribution in [3.8, 4) is 5.75 Å². The maximum absolute atomic E-state index is 13.0. The van der Waals surface area contributed by atoms with E-state index in [0.29, 0.717) is 5.75 Å². The van der Waals surface area contributed by atoms with Gasteiger partial charge in [0.15, 0.2) is 0 Å². The van der Waals surface area contributed by atoms with Crippen molar-refractivity contribution in [2.75, 3.05) is 12.0 Å². The molecule has 3 aromatic rings. The zero-order chi connectivity index (χ0) is 20.4. The highest BCUT2D eigenvalue weighted by Gasteiger charge is 2.49. The lowest BCUT2D eigenvalue weighted by atomic mass is 9.92. The van der Waals surface area contributed by atoms with E-state index >= 15 is 0 Å². The monoisotopic (exact) mass is 406 g/mol. The quantitative estimate of drug-likeness (QED) is 0.332. The smallest absolute Gasteiger partial charge is 0.269 e. The highest BCUT2D eigenvalue weighted by molar-refractivity contribution is 8.00. The number of nitro groups is 1. The van der Waals surface area contributed by atoms with E-state index < -0.39 is 4.92 Å². The lowest BCUT2D eigenvalue weighted by molar-refractivity contribution is -0.384. The van der Waals surface area contributed by atoms with Gasteiger partial charge < -0.3 is 9.64 Å². The number of benzene rings is 3. The van der Waals surface area contributed by atoms with Crippen molar-refractivity contribution in [1.82, 2.24) is 0 Å². The van der Waals surface area contributed by atoms with E-state index in [-0.39, 0.29) is 22.9 Å². The molecule has 4 rings (SSSR count). The van der Waals surface area contributed by atoms with Gasteiger partial charge in [-0.3, -0.25) is 14.9 Å². The molecule has 0 unspecified atom stereocenters. The standard InChI is InChI=1S/C22H18N2O4S/c1-28-18-13-11-16(12-14-18)23-20(15-7-9-17(10-8-15)24(26)27)21(22(23)25)29-19-5-3-2-4-6-19/h2-14,20-21H,1H3/t20-,21-/m1/s1. The van der Waals surface area contributed by atoms with Crippen LogP contribution >= 0.6 is 11.8 Å². The van der Waals surface area contributed by atoms with Crippen molar-refractivity contribution in [1.29, 1.82) is 0 Å². The highest BCUT2D eigenvalue weighted by atomic mass is 32.2. The highest BCUT2D eigenvalue weighted by Crippen LogP contribution is 2.47. The minimum Gasteiger partial charge on any atom is -0.497 e. The second-order valence-electron chi connectivity index (χ2n) is 6.55. The summed E-state index contributed by atoms with van der Waals surface area (Å²) in [7, 11) is 1.59. The Morgan fingerprint density at radius 3 is 2.21 bits per heavy atom. The number of methoxy groups -OCH3 is 1. The van der Waals surface area contributed by atoms with Gasteiger partial charge in [0.25, 0.3) is 5.69 Å². The van der Waals surface area contributed by atoms with Crippen LogP contribution in [0.3, 0.4) is 0 Å². The number of anilines is 1. The molecule has 1 fully saturated rings. The number of nitro benzene ring substituents is 1. The van der Waals surface area contributed by atoms with Crippen molar-refractivity contribution >= 4 is 29.0 Å². The molecule has 0 N–H and O–H groups in total. The molecule has 3 aromatic carbocycles. The largest absolute Gasteiger partial charge is 0.497 e. The zero-order valence-corrected chi connectivity index (χ0v) is 16.4. The van der Waals surface area contributed by atoms with Crippen molar-refractivity contribution in [3.05, 3.63) is 94.5 Å². The summed E-state index contributed by atoms with van der Waals surface area (Å²) in [6.07, 6.45) is 0. The molecule has 2 atom stereocenters. The van der Waals surface area contributed by atoms with E-state index in [1.165, 1.54) is 23.9 Å². The van der Waals surface area contributed by atoms with Crippen molar-refractivity contribution in [3.63, 3.8) is 0 Å². The molecule has 1 aliphatic heterocycles. The number of β-lactam (4-membered cyclic amide) rings is 1. The lowest BCUT2D eigenvalue weighted by Gasteiger charge is -2.47. The zero-order valence-electron chi connectivity index (χ0n) is 15.6. The molecule has 6 nitrogen and oxygen atoms in total. The molecule has 146 valence electrons. The van der Waals surface area contributed by atoms with E-state index in [2.05, 4.69) is 0 Å². The van der Waals surface area contributed by atoms with Crippen LogP contribution in [0.4, 0.5) is 11.4 Å². The average Bonchev–Trinajstić information content (AvgIpc) is 2.76. The molecule has 1 saturated heterocycles. The van der Waals surface area contributed by atoms with Crippen LogP contribution in [0.2, 0.25) is 0 Å². The van der Waals surface area contributed by atoms with E-state index in [1.807, 2.05) is 54.6 Å². The van der Waals surface area contributed by atoms with Crippen molar-refractivity contribution in [2.24, 2.45) is 0 Å². The van der Waals surface area contributed by atoms with Crippen LogP contribution in [0.5, 0.6) is 5.75 Å². The van der Waals surface area contributed by atoms with E-state index in [4.69, 9.17) is 4.74 Å². The Balaban J connectivity index is 1.68. The fourth-order valence-corrected chi connectivity index (χ4v) is 4.60. The first-order valence-corrected chi connectivity index (χ1v) is 9.89. The maximum Gasteiger partial charge on any atom is 0.269 e. The van der Waals surface area contributed by atoms with Crippen LogP contribution in [0.25, 0.3) is 0 Å². The Labute approximate surface area is 172 Å². The van der Waals surface area contributed by atoms with Gasteiger partial charge in [-0.2, -0.15) is 0 Å². The summed E-state index contributed by atoms with van der Waals surface area (Å²) in [6, 6.07) is 23.3. The summed E-state index contributed by atoms with van der Waals surface area (Å²) < 4.78 is 5.20. The van der Waals surface area contributed by atoms with Crippen LogP contribution in [-0.2, 0) is 4.79 Å². The molecular formula is C22H18N2O4S. The minimum atomic E-state index is -0.423. The van der Waals surface area contributed by atoms with Gasteiger partial charge in [-0.1, -0.05) is 30.3 Å². The molecule has 0 bridgehead atoms. The van der Waals surface area contributed by atoms with Gasteiger partial charge in [-0.05, 0) is 42.0 Å². The van der Waals surface area contributed by atoms with E-state index in [0.717, 1.165) is 16.1 Å². The molecule has 0 aromatic heterocycles.